The van der Waals surface area contributed by atoms with E-state index in [0.29, 0.717) is 17.7 Å². The average molecular weight is 209 g/mol. The Kier molecular flexibility index (Phi) is 3.50. The van der Waals surface area contributed by atoms with Crippen LogP contribution in [-0.4, -0.2) is 23.1 Å². The van der Waals surface area contributed by atoms with Crippen molar-refractivity contribution in [3.63, 3.8) is 0 Å². The third-order valence-electron chi connectivity index (χ3n) is 2.51. The second-order valence-corrected chi connectivity index (χ2v) is 4.68. The van der Waals surface area contributed by atoms with Crippen LogP contribution in [0.5, 0.6) is 5.75 Å². The molecular formula is C11H19N3O. The lowest BCUT2D eigenvalue weighted by atomic mass is 9.88. The van der Waals surface area contributed by atoms with Crippen LogP contribution in [0.15, 0.2) is 12.4 Å². The van der Waals surface area contributed by atoms with E-state index in [0.717, 1.165) is 0 Å². The third kappa shape index (κ3) is 3.38. The van der Waals surface area contributed by atoms with Gasteiger partial charge in [-0.15, -0.1) is 0 Å². The standard InChI is InChI=1S/C11H19N3O/c1-8(11(2,3)4)14-10-12-6-9(15-5)7-13-10/h6-8H,1-5H3,(H,12,13,14). The quantitative estimate of drug-likeness (QED) is 0.830. The summed E-state index contributed by atoms with van der Waals surface area (Å²) in [6.45, 7) is 8.64. The van der Waals surface area contributed by atoms with Crippen molar-refractivity contribution in [3.8, 4) is 5.75 Å². The first-order valence-electron chi connectivity index (χ1n) is 5.06. The average Bonchev–Trinajstić information content (AvgIpc) is 2.17. The van der Waals surface area contributed by atoms with Gasteiger partial charge >= 0.3 is 0 Å². The molecule has 0 saturated carbocycles. The van der Waals surface area contributed by atoms with Crippen molar-refractivity contribution in [3.05, 3.63) is 12.4 Å². The Hall–Kier alpha value is -1.32. The minimum atomic E-state index is 0.184. The van der Waals surface area contributed by atoms with Gasteiger partial charge < -0.3 is 10.1 Å². The van der Waals surface area contributed by atoms with Crippen LogP contribution in [-0.2, 0) is 0 Å². The van der Waals surface area contributed by atoms with Gasteiger partial charge in [0.05, 0.1) is 19.5 Å². The van der Waals surface area contributed by atoms with E-state index in [1.165, 1.54) is 0 Å². The highest BCUT2D eigenvalue weighted by molar-refractivity contribution is 5.28. The molecule has 1 rings (SSSR count). The van der Waals surface area contributed by atoms with Crippen LogP contribution in [0, 0.1) is 5.41 Å². The van der Waals surface area contributed by atoms with Gasteiger partial charge in [-0.1, -0.05) is 20.8 Å². The molecule has 4 nitrogen and oxygen atoms in total. The van der Waals surface area contributed by atoms with E-state index < -0.39 is 0 Å². The minimum Gasteiger partial charge on any atom is -0.494 e. The lowest BCUT2D eigenvalue weighted by Gasteiger charge is -2.27. The normalized spacial score (nSPS) is 13.4. The fraction of sp³-hybridized carbons (Fsp3) is 0.636. The van der Waals surface area contributed by atoms with Gasteiger partial charge in [-0.3, -0.25) is 0 Å². The molecule has 15 heavy (non-hydrogen) atoms. The molecule has 4 heteroatoms. The minimum absolute atomic E-state index is 0.184. The van der Waals surface area contributed by atoms with E-state index in [2.05, 4.69) is 43.0 Å². The summed E-state index contributed by atoms with van der Waals surface area (Å²) in [5.41, 5.74) is 0.184. The summed E-state index contributed by atoms with van der Waals surface area (Å²) in [7, 11) is 1.60. The fourth-order valence-electron chi connectivity index (χ4n) is 0.906. The predicted molar refractivity (Wildman–Crippen MR) is 61.1 cm³/mol. The van der Waals surface area contributed by atoms with Gasteiger partial charge in [-0.05, 0) is 12.3 Å². The summed E-state index contributed by atoms with van der Waals surface area (Å²) in [5.74, 6) is 1.31. The number of hydrogen-bond donors (Lipinski definition) is 1. The van der Waals surface area contributed by atoms with Crippen molar-refractivity contribution >= 4 is 5.95 Å². The van der Waals surface area contributed by atoms with Crippen molar-refractivity contribution in [2.75, 3.05) is 12.4 Å². The number of anilines is 1. The summed E-state index contributed by atoms with van der Waals surface area (Å²) < 4.78 is 4.99. The number of nitrogens with one attached hydrogen (secondary N) is 1. The second-order valence-electron chi connectivity index (χ2n) is 4.68. The van der Waals surface area contributed by atoms with Gasteiger partial charge in [0.15, 0.2) is 5.75 Å². The largest absolute Gasteiger partial charge is 0.494 e. The number of aromatic nitrogens is 2. The highest BCUT2D eigenvalue weighted by Crippen LogP contribution is 2.21. The van der Waals surface area contributed by atoms with Gasteiger partial charge in [0.1, 0.15) is 0 Å². The fourth-order valence-corrected chi connectivity index (χ4v) is 0.906. The SMILES string of the molecule is COc1cnc(NC(C)C(C)(C)C)nc1. The van der Waals surface area contributed by atoms with Gasteiger partial charge in [0.25, 0.3) is 0 Å². The molecule has 0 amide bonds. The van der Waals surface area contributed by atoms with Gasteiger partial charge in [-0.2, -0.15) is 0 Å². The van der Waals surface area contributed by atoms with E-state index in [1.807, 2.05) is 0 Å². The second kappa shape index (κ2) is 4.47. The monoisotopic (exact) mass is 209 g/mol. The van der Waals surface area contributed by atoms with Crippen molar-refractivity contribution in [1.82, 2.24) is 9.97 Å². The van der Waals surface area contributed by atoms with Gasteiger partial charge in [0.2, 0.25) is 5.95 Å². The number of rotatable bonds is 3. The van der Waals surface area contributed by atoms with E-state index >= 15 is 0 Å². The molecule has 0 bridgehead atoms. The van der Waals surface area contributed by atoms with Crippen LogP contribution < -0.4 is 10.1 Å². The van der Waals surface area contributed by atoms with Crippen LogP contribution in [0.2, 0.25) is 0 Å². The molecule has 0 aromatic carbocycles. The molecule has 0 aliphatic heterocycles. The Morgan fingerprint density at radius 1 is 1.27 bits per heavy atom. The molecule has 0 aliphatic carbocycles. The number of nitrogens with zero attached hydrogens (tertiary/aromatic N) is 2. The highest BCUT2D eigenvalue weighted by atomic mass is 16.5. The van der Waals surface area contributed by atoms with Crippen molar-refractivity contribution in [1.29, 1.82) is 0 Å². The van der Waals surface area contributed by atoms with E-state index in [4.69, 9.17) is 4.74 Å². The maximum absolute atomic E-state index is 4.99. The van der Waals surface area contributed by atoms with Crippen LogP contribution in [0.3, 0.4) is 0 Å². The van der Waals surface area contributed by atoms with Crippen LogP contribution >= 0.6 is 0 Å². The summed E-state index contributed by atoms with van der Waals surface area (Å²) in [6.07, 6.45) is 3.31. The van der Waals surface area contributed by atoms with Crippen molar-refractivity contribution < 1.29 is 4.74 Å². The molecule has 1 unspecified atom stereocenters. The van der Waals surface area contributed by atoms with Crippen LogP contribution in [0.25, 0.3) is 0 Å². The molecule has 1 aromatic heterocycles. The first-order valence-corrected chi connectivity index (χ1v) is 5.06. The zero-order chi connectivity index (χ0) is 11.5. The topological polar surface area (TPSA) is 47.0 Å². The Balaban J connectivity index is 2.65. The number of methoxy groups -OCH3 is 1. The third-order valence-corrected chi connectivity index (χ3v) is 2.51. The Labute approximate surface area is 91.1 Å². The van der Waals surface area contributed by atoms with Crippen LogP contribution in [0.1, 0.15) is 27.7 Å². The van der Waals surface area contributed by atoms with Crippen LogP contribution in [0.4, 0.5) is 5.95 Å². The maximum Gasteiger partial charge on any atom is 0.223 e. The molecule has 0 fully saturated rings. The van der Waals surface area contributed by atoms with Crippen molar-refractivity contribution in [2.45, 2.75) is 33.7 Å². The summed E-state index contributed by atoms with van der Waals surface area (Å²) in [4.78, 5) is 8.31. The molecule has 0 radical (unpaired) electrons. The highest BCUT2D eigenvalue weighted by Gasteiger charge is 2.20. The first kappa shape index (κ1) is 11.8. The van der Waals surface area contributed by atoms with E-state index in [9.17, 15) is 0 Å². The van der Waals surface area contributed by atoms with Crippen molar-refractivity contribution in [2.24, 2.45) is 5.41 Å². The molecule has 84 valence electrons. The zero-order valence-electron chi connectivity index (χ0n) is 10.0. The van der Waals surface area contributed by atoms with Gasteiger partial charge in [-0.25, -0.2) is 9.97 Å². The summed E-state index contributed by atoms with van der Waals surface area (Å²) >= 11 is 0. The van der Waals surface area contributed by atoms with Gasteiger partial charge in [0, 0.05) is 6.04 Å². The Bertz CT molecular complexity index is 303. The lowest BCUT2D eigenvalue weighted by Crippen LogP contribution is -2.31. The molecule has 1 N–H and O–H groups in total. The predicted octanol–water partition coefficient (Wildman–Crippen LogP) is 2.33. The molecule has 1 atom stereocenters. The number of hydrogen-bond acceptors (Lipinski definition) is 4. The molecular weight excluding hydrogens is 190 g/mol. The summed E-state index contributed by atoms with van der Waals surface area (Å²) in [6, 6.07) is 0.311. The molecule has 1 heterocycles. The molecule has 0 aliphatic rings. The molecule has 0 spiro atoms. The maximum atomic E-state index is 4.99. The van der Waals surface area contributed by atoms with E-state index in [1.54, 1.807) is 19.5 Å². The smallest absolute Gasteiger partial charge is 0.223 e. The summed E-state index contributed by atoms with van der Waals surface area (Å²) in [5, 5.41) is 3.26. The number of ether oxygens (including phenoxy) is 1. The molecule has 0 saturated heterocycles. The Morgan fingerprint density at radius 3 is 2.20 bits per heavy atom. The first-order chi connectivity index (χ1) is 6.93. The lowest BCUT2D eigenvalue weighted by molar-refractivity contribution is 0.357. The molecule has 1 aromatic rings. The zero-order valence-corrected chi connectivity index (χ0v) is 10.0. The Morgan fingerprint density at radius 2 is 1.80 bits per heavy atom. The van der Waals surface area contributed by atoms with E-state index in [-0.39, 0.29) is 5.41 Å².